The van der Waals surface area contributed by atoms with E-state index < -0.39 is 48.7 Å². The minimum absolute atomic E-state index is 0.154. The second kappa shape index (κ2) is 9.57. The molecule has 0 spiro atoms. The molecule has 6 rings (SSSR count). The molecule has 8 heteroatoms. The maximum absolute atomic E-state index is 13.3. The predicted octanol–water partition coefficient (Wildman–Crippen LogP) is 3.07. The van der Waals surface area contributed by atoms with Crippen LogP contribution in [0.3, 0.4) is 0 Å². The number of rotatable bonds is 5. The van der Waals surface area contributed by atoms with Crippen LogP contribution in [0.1, 0.15) is 38.1 Å². The van der Waals surface area contributed by atoms with Crippen molar-refractivity contribution in [3.63, 3.8) is 0 Å². The molecule has 0 unspecified atom stereocenters. The molecule has 0 aromatic heterocycles. The van der Waals surface area contributed by atoms with Crippen LogP contribution in [0.15, 0.2) is 84.9 Å². The van der Waals surface area contributed by atoms with Crippen molar-refractivity contribution in [2.45, 2.75) is 43.5 Å². The van der Waals surface area contributed by atoms with Gasteiger partial charge >= 0.3 is 0 Å². The Labute approximate surface area is 208 Å². The normalized spacial score (nSPS) is 29.6. The number of aliphatic hydroxyl groups excluding tert-OH is 1. The highest BCUT2D eigenvalue weighted by atomic mass is 16.7. The Morgan fingerprint density at radius 3 is 2.11 bits per heavy atom. The van der Waals surface area contributed by atoms with Gasteiger partial charge in [0, 0.05) is 5.56 Å². The molecule has 36 heavy (non-hydrogen) atoms. The van der Waals surface area contributed by atoms with Gasteiger partial charge in [0.1, 0.15) is 24.4 Å². The molecule has 8 nitrogen and oxygen atoms in total. The molecule has 6 atom stereocenters. The molecular weight excluding hydrogens is 462 g/mol. The van der Waals surface area contributed by atoms with Crippen LogP contribution in [0.25, 0.3) is 0 Å². The van der Waals surface area contributed by atoms with Gasteiger partial charge in [0.25, 0.3) is 11.8 Å². The molecule has 3 aromatic rings. The number of carbonyl (C=O) groups is 2. The maximum Gasteiger partial charge on any atom is 0.262 e. The average Bonchev–Trinajstić information content (AvgIpc) is 3.18. The Balaban J connectivity index is 1.31. The topological polar surface area (TPSA) is 94.5 Å². The zero-order valence-corrected chi connectivity index (χ0v) is 19.3. The predicted molar refractivity (Wildman–Crippen MR) is 127 cm³/mol. The molecule has 2 saturated heterocycles. The third-order valence-electron chi connectivity index (χ3n) is 6.79. The number of ether oxygens (including phenoxy) is 4. The van der Waals surface area contributed by atoms with E-state index in [1.807, 2.05) is 60.7 Å². The minimum atomic E-state index is -1.26. The summed E-state index contributed by atoms with van der Waals surface area (Å²) in [5.74, 6) is -0.997. The van der Waals surface area contributed by atoms with E-state index in [1.54, 1.807) is 24.3 Å². The molecule has 184 valence electrons. The molecule has 0 aliphatic carbocycles. The summed E-state index contributed by atoms with van der Waals surface area (Å²) in [6.07, 6.45) is -4.54. The Bertz CT molecular complexity index is 1220. The van der Waals surface area contributed by atoms with Gasteiger partial charge in [0.05, 0.1) is 24.3 Å². The van der Waals surface area contributed by atoms with Gasteiger partial charge in [0.2, 0.25) is 0 Å². The molecule has 2 amide bonds. The highest BCUT2D eigenvalue weighted by Gasteiger charge is 2.55. The number of hydrogen-bond acceptors (Lipinski definition) is 7. The standard InChI is InChI=1S/C28H25NO7/c30-23-22(29-25(31)19-13-7-8-14-20(19)26(29)32)28(33-15-17-9-3-1-4-10-17)35-21-16-34-27(36-24(21)23)18-11-5-2-6-12-18/h1-14,21-24,27-28,30H,15-16H2/t21-,22-,23+,24+,27-,28+/m0/s1. The lowest BCUT2D eigenvalue weighted by molar-refractivity contribution is -0.350. The zero-order chi connectivity index (χ0) is 24.6. The van der Waals surface area contributed by atoms with Crippen molar-refractivity contribution in [2.24, 2.45) is 0 Å². The van der Waals surface area contributed by atoms with Crippen LogP contribution in [0, 0.1) is 0 Å². The van der Waals surface area contributed by atoms with Crippen molar-refractivity contribution in [1.82, 2.24) is 4.90 Å². The SMILES string of the molecule is O=C1c2ccccc2C(=O)N1[C@@H]1[C@H](OCc2ccccc2)O[C@H]2CO[C@H](c3ccccc3)O[C@H]2[C@@H]1O. The van der Waals surface area contributed by atoms with Gasteiger partial charge in [-0.25, -0.2) is 0 Å². The number of aliphatic hydroxyl groups is 1. The van der Waals surface area contributed by atoms with Crippen molar-refractivity contribution >= 4 is 11.8 Å². The molecule has 3 aromatic carbocycles. The third-order valence-corrected chi connectivity index (χ3v) is 6.79. The first kappa shape index (κ1) is 23.0. The molecule has 0 radical (unpaired) electrons. The second-order valence-corrected chi connectivity index (χ2v) is 9.02. The van der Waals surface area contributed by atoms with E-state index in [-0.39, 0.29) is 24.3 Å². The molecule has 2 fully saturated rings. The van der Waals surface area contributed by atoms with Gasteiger partial charge in [-0.1, -0.05) is 72.8 Å². The number of carbonyl (C=O) groups excluding carboxylic acids is 2. The summed E-state index contributed by atoms with van der Waals surface area (Å²) < 4.78 is 24.3. The van der Waals surface area contributed by atoms with E-state index in [0.717, 1.165) is 16.0 Å². The average molecular weight is 488 g/mol. The number of amides is 2. The first-order valence-corrected chi connectivity index (χ1v) is 11.9. The van der Waals surface area contributed by atoms with Crippen LogP contribution in [0.4, 0.5) is 0 Å². The van der Waals surface area contributed by atoms with Crippen LogP contribution in [0.5, 0.6) is 0 Å². The maximum atomic E-state index is 13.3. The Hall–Kier alpha value is -3.40. The number of hydrogen-bond donors (Lipinski definition) is 1. The van der Waals surface area contributed by atoms with E-state index in [1.165, 1.54) is 0 Å². The van der Waals surface area contributed by atoms with Crippen LogP contribution >= 0.6 is 0 Å². The van der Waals surface area contributed by atoms with E-state index in [0.29, 0.717) is 0 Å². The number of nitrogens with zero attached hydrogens (tertiary/aromatic N) is 1. The lowest BCUT2D eigenvalue weighted by Crippen LogP contribution is -2.67. The molecule has 0 bridgehead atoms. The van der Waals surface area contributed by atoms with Crippen LogP contribution in [-0.4, -0.2) is 59.1 Å². The van der Waals surface area contributed by atoms with Gasteiger partial charge in [-0.3, -0.25) is 14.5 Å². The van der Waals surface area contributed by atoms with E-state index in [2.05, 4.69) is 0 Å². The quantitative estimate of drug-likeness (QED) is 0.553. The van der Waals surface area contributed by atoms with Gasteiger partial charge in [-0.15, -0.1) is 0 Å². The van der Waals surface area contributed by atoms with Crippen molar-refractivity contribution < 1.29 is 33.6 Å². The third kappa shape index (κ3) is 4.03. The lowest BCUT2D eigenvalue weighted by Gasteiger charge is -2.49. The summed E-state index contributed by atoms with van der Waals surface area (Å²) in [6.45, 7) is 0.324. The number of imide groups is 1. The summed E-state index contributed by atoms with van der Waals surface area (Å²) in [4.78, 5) is 27.7. The largest absolute Gasteiger partial charge is 0.388 e. The first-order chi connectivity index (χ1) is 17.6. The summed E-state index contributed by atoms with van der Waals surface area (Å²) >= 11 is 0. The minimum Gasteiger partial charge on any atom is -0.388 e. The Kier molecular flexibility index (Phi) is 6.12. The number of benzene rings is 3. The van der Waals surface area contributed by atoms with Gasteiger partial charge in [-0.2, -0.15) is 0 Å². The van der Waals surface area contributed by atoms with E-state index in [4.69, 9.17) is 18.9 Å². The highest BCUT2D eigenvalue weighted by molar-refractivity contribution is 6.21. The van der Waals surface area contributed by atoms with Crippen LogP contribution in [0.2, 0.25) is 0 Å². The van der Waals surface area contributed by atoms with Gasteiger partial charge in [-0.05, 0) is 17.7 Å². The summed E-state index contributed by atoms with van der Waals surface area (Å²) in [6, 6.07) is 24.3. The molecule has 3 aliphatic heterocycles. The lowest BCUT2D eigenvalue weighted by atomic mass is 9.94. The Morgan fingerprint density at radius 1 is 0.833 bits per heavy atom. The smallest absolute Gasteiger partial charge is 0.262 e. The second-order valence-electron chi connectivity index (χ2n) is 9.02. The highest BCUT2D eigenvalue weighted by Crippen LogP contribution is 2.38. The van der Waals surface area contributed by atoms with E-state index in [9.17, 15) is 14.7 Å². The van der Waals surface area contributed by atoms with Gasteiger partial charge in [0.15, 0.2) is 12.6 Å². The van der Waals surface area contributed by atoms with Crippen LogP contribution < -0.4 is 0 Å². The fourth-order valence-electron chi connectivity index (χ4n) is 5.00. The fraction of sp³-hybridized carbons (Fsp3) is 0.286. The first-order valence-electron chi connectivity index (χ1n) is 11.9. The summed E-state index contributed by atoms with van der Waals surface area (Å²) in [5.41, 5.74) is 2.25. The molecule has 0 saturated carbocycles. The molecule has 1 N–H and O–H groups in total. The van der Waals surface area contributed by atoms with Crippen LogP contribution in [-0.2, 0) is 25.6 Å². The molecular formula is C28H25NO7. The van der Waals surface area contributed by atoms with Crippen molar-refractivity contribution in [2.75, 3.05) is 6.61 Å². The van der Waals surface area contributed by atoms with Crippen molar-refractivity contribution in [1.29, 1.82) is 0 Å². The Morgan fingerprint density at radius 2 is 1.44 bits per heavy atom. The fourth-order valence-corrected chi connectivity index (χ4v) is 5.00. The summed E-state index contributed by atoms with van der Waals surface area (Å²) in [7, 11) is 0. The number of fused-ring (bicyclic) bond motifs is 2. The summed E-state index contributed by atoms with van der Waals surface area (Å²) in [5, 5.41) is 11.6. The zero-order valence-electron chi connectivity index (χ0n) is 19.3. The monoisotopic (exact) mass is 487 g/mol. The molecule has 3 aliphatic rings. The van der Waals surface area contributed by atoms with Crippen molar-refractivity contribution in [3.8, 4) is 0 Å². The molecule has 3 heterocycles. The van der Waals surface area contributed by atoms with Gasteiger partial charge < -0.3 is 24.1 Å². The van der Waals surface area contributed by atoms with Crippen molar-refractivity contribution in [3.05, 3.63) is 107 Å². The van der Waals surface area contributed by atoms with E-state index >= 15 is 0 Å².